The number of nitrogens with zero attached hydrogens (tertiary/aromatic N) is 1. The number of rotatable bonds is 4. The zero-order valence-corrected chi connectivity index (χ0v) is 10.8. The summed E-state index contributed by atoms with van der Waals surface area (Å²) < 4.78 is 0. The standard InChI is InChI=1S/C12H22N2O2/c1-8(14-5)9(6-7-15)10(13)11(16)12(2,3)4/h15H,6-7,13H2,1-5H3/b10-9-,14-8?. The topological polar surface area (TPSA) is 75.7 Å². The van der Waals surface area contributed by atoms with Crippen LogP contribution in [0.3, 0.4) is 0 Å². The second-order valence-corrected chi connectivity index (χ2v) is 4.75. The normalized spacial score (nSPS) is 14.8. The third-order valence-corrected chi connectivity index (χ3v) is 2.38. The Labute approximate surface area is 97.3 Å². The molecule has 0 aliphatic heterocycles. The second kappa shape index (κ2) is 5.80. The van der Waals surface area contributed by atoms with Gasteiger partial charge in [-0.25, -0.2) is 0 Å². The molecule has 0 rings (SSSR count). The van der Waals surface area contributed by atoms with E-state index in [9.17, 15) is 4.79 Å². The molecule has 0 spiro atoms. The molecular weight excluding hydrogens is 204 g/mol. The number of aliphatic hydroxyl groups excluding tert-OH is 1. The van der Waals surface area contributed by atoms with Crippen molar-refractivity contribution in [3.8, 4) is 0 Å². The first-order valence-corrected chi connectivity index (χ1v) is 5.33. The zero-order valence-electron chi connectivity index (χ0n) is 10.8. The number of aliphatic imine (C=N–C) groups is 1. The van der Waals surface area contributed by atoms with Gasteiger partial charge in [0.1, 0.15) is 0 Å². The number of ketones is 1. The van der Waals surface area contributed by atoms with E-state index in [0.717, 1.165) is 0 Å². The molecule has 4 nitrogen and oxygen atoms in total. The highest BCUT2D eigenvalue weighted by molar-refractivity contribution is 6.08. The predicted molar refractivity (Wildman–Crippen MR) is 66.4 cm³/mol. The van der Waals surface area contributed by atoms with E-state index in [1.165, 1.54) is 0 Å². The number of aliphatic hydroxyl groups is 1. The molecule has 0 aromatic rings. The van der Waals surface area contributed by atoms with Crippen LogP contribution in [0, 0.1) is 5.41 Å². The lowest BCUT2D eigenvalue weighted by atomic mass is 9.86. The minimum atomic E-state index is -0.515. The first kappa shape index (κ1) is 14.8. The number of nitrogens with two attached hydrogens (primary N) is 1. The van der Waals surface area contributed by atoms with E-state index in [1.54, 1.807) is 14.0 Å². The van der Waals surface area contributed by atoms with Crippen LogP contribution < -0.4 is 5.73 Å². The molecule has 0 atom stereocenters. The monoisotopic (exact) mass is 226 g/mol. The first-order chi connectivity index (χ1) is 7.25. The minimum Gasteiger partial charge on any atom is -0.396 e. The van der Waals surface area contributed by atoms with Crippen LogP contribution in [0.15, 0.2) is 16.3 Å². The zero-order chi connectivity index (χ0) is 12.9. The number of hydrogen-bond acceptors (Lipinski definition) is 4. The van der Waals surface area contributed by atoms with Gasteiger partial charge in [-0.05, 0) is 13.3 Å². The SMILES string of the molecule is CN=C(C)/C(CCO)=C(\N)C(=O)C(C)(C)C. The summed E-state index contributed by atoms with van der Waals surface area (Å²) in [5, 5.41) is 8.96. The Balaban J connectivity index is 5.37. The highest BCUT2D eigenvalue weighted by atomic mass is 16.3. The van der Waals surface area contributed by atoms with Crippen LogP contribution in [0.1, 0.15) is 34.1 Å². The molecule has 0 unspecified atom stereocenters. The molecule has 0 saturated heterocycles. The molecule has 0 heterocycles. The van der Waals surface area contributed by atoms with Gasteiger partial charge in [-0.2, -0.15) is 0 Å². The van der Waals surface area contributed by atoms with Crippen molar-refractivity contribution in [3.63, 3.8) is 0 Å². The van der Waals surface area contributed by atoms with Crippen molar-refractivity contribution in [1.29, 1.82) is 0 Å². The molecule has 0 aliphatic rings. The maximum atomic E-state index is 12.0. The van der Waals surface area contributed by atoms with Crippen LogP contribution in [-0.4, -0.2) is 30.3 Å². The van der Waals surface area contributed by atoms with Gasteiger partial charge >= 0.3 is 0 Å². The van der Waals surface area contributed by atoms with E-state index in [1.807, 2.05) is 20.8 Å². The fourth-order valence-corrected chi connectivity index (χ4v) is 1.30. The molecule has 16 heavy (non-hydrogen) atoms. The van der Waals surface area contributed by atoms with Gasteiger partial charge in [0.2, 0.25) is 0 Å². The van der Waals surface area contributed by atoms with E-state index in [-0.39, 0.29) is 18.1 Å². The number of Topliss-reactive ketones (excluding diaryl/α,β-unsaturated/α-hetero) is 1. The van der Waals surface area contributed by atoms with E-state index >= 15 is 0 Å². The summed E-state index contributed by atoms with van der Waals surface area (Å²) in [7, 11) is 1.64. The Bertz CT molecular complexity index is 322. The average molecular weight is 226 g/mol. The lowest BCUT2D eigenvalue weighted by molar-refractivity contribution is -0.122. The van der Waals surface area contributed by atoms with Gasteiger partial charge in [0.25, 0.3) is 0 Å². The number of carbonyl (C=O) groups is 1. The van der Waals surface area contributed by atoms with Crippen molar-refractivity contribution in [1.82, 2.24) is 0 Å². The van der Waals surface area contributed by atoms with Gasteiger partial charge in [0.05, 0.1) is 5.70 Å². The Kier molecular flexibility index (Phi) is 5.38. The summed E-state index contributed by atoms with van der Waals surface area (Å²) in [6, 6.07) is 0. The third kappa shape index (κ3) is 3.77. The van der Waals surface area contributed by atoms with Crippen molar-refractivity contribution in [2.75, 3.05) is 13.7 Å². The third-order valence-electron chi connectivity index (χ3n) is 2.38. The van der Waals surface area contributed by atoms with Crippen molar-refractivity contribution in [3.05, 3.63) is 11.3 Å². The van der Waals surface area contributed by atoms with Crippen LogP contribution in [-0.2, 0) is 4.79 Å². The summed E-state index contributed by atoms with van der Waals surface area (Å²) in [5.41, 5.74) is 6.89. The van der Waals surface area contributed by atoms with Crippen LogP contribution in [0.25, 0.3) is 0 Å². The molecule has 0 saturated carbocycles. The quantitative estimate of drug-likeness (QED) is 0.560. The molecule has 0 bridgehead atoms. The molecule has 92 valence electrons. The summed E-state index contributed by atoms with van der Waals surface area (Å²) in [6.45, 7) is 7.19. The van der Waals surface area contributed by atoms with Gasteiger partial charge in [0.15, 0.2) is 5.78 Å². The van der Waals surface area contributed by atoms with Gasteiger partial charge in [-0.1, -0.05) is 20.8 Å². The van der Waals surface area contributed by atoms with E-state index in [4.69, 9.17) is 10.8 Å². The molecule has 0 aliphatic carbocycles. The van der Waals surface area contributed by atoms with E-state index < -0.39 is 5.41 Å². The molecule has 0 aromatic carbocycles. The Morgan fingerprint density at radius 1 is 1.38 bits per heavy atom. The molecule has 4 heteroatoms. The van der Waals surface area contributed by atoms with Crippen LogP contribution in [0.5, 0.6) is 0 Å². The lowest BCUT2D eigenvalue weighted by Crippen LogP contribution is -2.28. The van der Waals surface area contributed by atoms with Crippen molar-refractivity contribution in [2.45, 2.75) is 34.1 Å². The maximum absolute atomic E-state index is 12.0. The van der Waals surface area contributed by atoms with Gasteiger partial charge in [-0.3, -0.25) is 9.79 Å². The summed E-state index contributed by atoms with van der Waals surface area (Å²) >= 11 is 0. The fraction of sp³-hybridized carbons (Fsp3) is 0.667. The Hall–Kier alpha value is -1.16. The molecule has 0 aromatic heterocycles. The van der Waals surface area contributed by atoms with Crippen LogP contribution in [0.4, 0.5) is 0 Å². The van der Waals surface area contributed by atoms with E-state index in [0.29, 0.717) is 17.7 Å². The Morgan fingerprint density at radius 2 is 1.88 bits per heavy atom. The highest BCUT2D eigenvalue weighted by Gasteiger charge is 2.25. The van der Waals surface area contributed by atoms with Crippen molar-refractivity contribution < 1.29 is 9.90 Å². The summed E-state index contributed by atoms with van der Waals surface area (Å²) in [6.07, 6.45) is 0.358. The first-order valence-electron chi connectivity index (χ1n) is 5.33. The largest absolute Gasteiger partial charge is 0.396 e. The highest BCUT2D eigenvalue weighted by Crippen LogP contribution is 2.21. The number of allylic oxidation sites excluding steroid dienone is 1. The van der Waals surface area contributed by atoms with Crippen LogP contribution in [0.2, 0.25) is 0 Å². The molecule has 0 amide bonds. The van der Waals surface area contributed by atoms with Crippen LogP contribution >= 0.6 is 0 Å². The second-order valence-electron chi connectivity index (χ2n) is 4.75. The lowest BCUT2D eigenvalue weighted by Gasteiger charge is -2.19. The molecule has 0 radical (unpaired) electrons. The number of hydrogen-bond donors (Lipinski definition) is 2. The molecule has 0 fully saturated rings. The fourth-order valence-electron chi connectivity index (χ4n) is 1.30. The van der Waals surface area contributed by atoms with E-state index in [2.05, 4.69) is 4.99 Å². The number of carbonyl (C=O) groups excluding carboxylic acids is 1. The summed E-state index contributed by atoms with van der Waals surface area (Å²) in [4.78, 5) is 16.0. The molecular formula is C12H22N2O2. The van der Waals surface area contributed by atoms with Gasteiger partial charge in [-0.15, -0.1) is 0 Å². The molecule has 3 N–H and O–H groups in total. The summed E-state index contributed by atoms with van der Waals surface area (Å²) in [5.74, 6) is -0.112. The minimum absolute atomic E-state index is 0.0414. The van der Waals surface area contributed by atoms with Crippen molar-refractivity contribution in [2.24, 2.45) is 16.1 Å². The smallest absolute Gasteiger partial charge is 0.184 e. The maximum Gasteiger partial charge on any atom is 0.184 e. The Morgan fingerprint density at radius 3 is 2.19 bits per heavy atom. The van der Waals surface area contributed by atoms with Crippen molar-refractivity contribution >= 4 is 11.5 Å². The van der Waals surface area contributed by atoms with Gasteiger partial charge in [0, 0.05) is 30.4 Å². The average Bonchev–Trinajstić information content (AvgIpc) is 2.21. The predicted octanol–water partition coefficient (Wildman–Crippen LogP) is 1.29. The van der Waals surface area contributed by atoms with Gasteiger partial charge < -0.3 is 10.8 Å².